The van der Waals surface area contributed by atoms with Crippen LogP contribution in [-0.2, 0) is 21.8 Å². The summed E-state index contributed by atoms with van der Waals surface area (Å²) < 4.78 is 5.38. The maximum absolute atomic E-state index is 2.45. The second-order valence-corrected chi connectivity index (χ2v) is 13.4. The van der Waals surface area contributed by atoms with Gasteiger partial charge in [0.2, 0.25) is 0 Å². The van der Waals surface area contributed by atoms with Gasteiger partial charge in [-0.05, 0) is 0 Å². The molecule has 138 valence electrons. The predicted molar refractivity (Wildman–Crippen MR) is 107 cm³/mol. The Bertz CT molecular complexity index is 652. The molecule has 2 aliphatic rings. The minimum Gasteiger partial charge on any atom is -1.00 e. The molecule has 0 amide bonds. The van der Waals surface area contributed by atoms with Crippen LogP contribution >= 0.6 is 0 Å². The van der Waals surface area contributed by atoms with E-state index in [0.29, 0.717) is 0 Å². The third kappa shape index (κ3) is 5.20. The van der Waals surface area contributed by atoms with Crippen molar-refractivity contribution in [3.63, 3.8) is 0 Å². The molecule has 2 heteroatoms. The zero-order valence-corrected chi connectivity index (χ0v) is 19.4. The fraction of sp³-hybridized carbons (Fsp3) is 0.417. The van der Waals surface area contributed by atoms with E-state index in [4.69, 9.17) is 0 Å². The second kappa shape index (κ2) is 11.3. The van der Waals surface area contributed by atoms with Crippen molar-refractivity contribution in [3.8, 4) is 0 Å². The van der Waals surface area contributed by atoms with Crippen molar-refractivity contribution in [2.75, 3.05) is 0 Å². The third-order valence-electron chi connectivity index (χ3n) is 5.32. The van der Waals surface area contributed by atoms with Crippen molar-refractivity contribution >= 4 is 3.27 Å². The number of halogens is 1. The van der Waals surface area contributed by atoms with Gasteiger partial charge in [-0.15, -0.1) is 0 Å². The first-order valence-corrected chi connectivity index (χ1v) is 13.7. The quantitative estimate of drug-likeness (QED) is 0.543. The van der Waals surface area contributed by atoms with Gasteiger partial charge in [-0.3, -0.25) is 0 Å². The molecule has 0 N–H and O–H groups in total. The smallest absolute Gasteiger partial charge is 1.00 e. The molecule has 0 bridgehead atoms. The fourth-order valence-electron chi connectivity index (χ4n) is 3.96. The van der Waals surface area contributed by atoms with E-state index in [1.807, 2.05) is 6.56 Å². The summed E-state index contributed by atoms with van der Waals surface area (Å²) in [6, 6.07) is 11.5. The van der Waals surface area contributed by atoms with Crippen LogP contribution in [0.15, 0.2) is 72.3 Å². The van der Waals surface area contributed by atoms with Crippen LogP contribution in [0.5, 0.6) is 0 Å². The molecule has 0 atom stereocenters. The molecule has 0 unspecified atom stereocenters. The Morgan fingerprint density at radius 3 is 1.73 bits per heavy atom. The standard InChI is InChI=1S/2C9H13.C6H5.ClH.Zr/c2*1-2-3-6-9-7-4-5-8-9;1-2-4-6-5-3-1;;/h2*4,7H,2-3,5-6H2,1H3;1-5H;1H;/q;;;;+1/p-1. The molecule has 0 aliphatic heterocycles. The summed E-state index contributed by atoms with van der Waals surface area (Å²) in [6.07, 6.45) is 20.0. The predicted octanol–water partition coefficient (Wildman–Crippen LogP) is 3.74. The molecule has 0 saturated carbocycles. The summed E-state index contributed by atoms with van der Waals surface area (Å²) in [4.78, 5) is 0. The Balaban J connectivity index is 0.00000243. The Morgan fingerprint density at radius 1 is 0.769 bits per heavy atom. The van der Waals surface area contributed by atoms with E-state index < -0.39 is 21.8 Å². The molecule has 2 aliphatic carbocycles. The van der Waals surface area contributed by atoms with Gasteiger partial charge in [0.05, 0.1) is 0 Å². The SMILES string of the molecule is CCCCC1=[C]([Zr+]([C]2=C(CCCC)C=CC2)[c]2ccccc2)CC=C1.[Cl-]. The minimum absolute atomic E-state index is 0. The van der Waals surface area contributed by atoms with Gasteiger partial charge >= 0.3 is 163 Å². The summed E-state index contributed by atoms with van der Waals surface area (Å²) in [7, 11) is 0. The van der Waals surface area contributed by atoms with Gasteiger partial charge in [0.15, 0.2) is 0 Å². The van der Waals surface area contributed by atoms with Gasteiger partial charge in [-0.1, -0.05) is 0 Å². The van der Waals surface area contributed by atoms with Gasteiger partial charge in [-0.25, -0.2) is 0 Å². The summed E-state index contributed by atoms with van der Waals surface area (Å²) >= 11 is -1.99. The normalized spacial score (nSPS) is 15.8. The van der Waals surface area contributed by atoms with Gasteiger partial charge in [0, 0.05) is 0 Å². The van der Waals surface area contributed by atoms with Crippen LogP contribution in [0.25, 0.3) is 0 Å². The molecule has 26 heavy (non-hydrogen) atoms. The van der Waals surface area contributed by atoms with Gasteiger partial charge in [0.25, 0.3) is 0 Å². The second-order valence-electron chi connectivity index (χ2n) is 7.17. The maximum atomic E-state index is 2.45. The van der Waals surface area contributed by atoms with Crippen molar-refractivity contribution in [1.29, 1.82) is 0 Å². The summed E-state index contributed by atoms with van der Waals surface area (Å²) in [5.41, 5.74) is 3.38. The average molecular weight is 446 g/mol. The largest absolute Gasteiger partial charge is 1.00 e. The van der Waals surface area contributed by atoms with Gasteiger partial charge in [0.1, 0.15) is 0 Å². The Kier molecular flexibility index (Phi) is 9.37. The maximum Gasteiger partial charge on any atom is -1.00 e. The van der Waals surface area contributed by atoms with E-state index in [1.54, 1.807) is 14.4 Å². The average Bonchev–Trinajstić information content (AvgIpc) is 3.29. The van der Waals surface area contributed by atoms with Crippen molar-refractivity contribution in [2.45, 2.75) is 65.2 Å². The van der Waals surface area contributed by atoms with Crippen LogP contribution in [0, 0.1) is 0 Å². The van der Waals surface area contributed by atoms with E-state index >= 15 is 0 Å². The topological polar surface area (TPSA) is 0 Å². The Labute approximate surface area is 174 Å². The summed E-state index contributed by atoms with van der Waals surface area (Å²) in [6.45, 7) is 4.62. The summed E-state index contributed by atoms with van der Waals surface area (Å²) in [5.74, 6) is 0. The molecule has 0 fully saturated rings. The molecule has 0 nitrogen and oxygen atoms in total. The first-order valence-electron chi connectivity index (χ1n) is 10.0. The van der Waals surface area contributed by atoms with E-state index in [9.17, 15) is 0 Å². The molecule has 1 aromatic rings. The van der Waals surface area contributed by atoms with Crippen molar-refractivity contribution in [3.05, 3.63) is 72.3 Å². The number of hydrogen-bond donors (Lipinski definition) is 0. The van der Waals surface area contributed by atoms with Gasteiger partial charge in [-0.2, -0.15) is 0 Å². The van der Waals surface area contributed by atoms with Crippen LogP contribution in [-0.4, -0.2) is 0 Å². The molecule has 0 saturated heterocycles. The molecule has 0 spiro atoms. The monoisotopic (exact) mass is 444 g/mol. The zero-order valence-electron chi connectivity index (χ0n) is 16.2. The van der Waals surface area contributed by atoms with Crippen LogP contribution in [0.1, 0.15) is 65.2 Å². The van der Waals surface area contributed by atoms with E-state index in [2.05, 4.69) is 68.5 Å². The number of rotatable bonds is 9. The molecule has 0 radical (unpaired) electrons. The van der Waals surface area contributed by atoms with Crippen LogP contribution in [0.2, 0.25) is 0 Å². The first kappa shape index (κ1) is 21.7. The van der Waals surface area contributed by atoms with Crippen molar-refractivity contribution < 1.29 is 34.2 Å². The van der Waals surface area contributed by atoms with Crippen LogP contribution in [0.4, 0.5) is 0 Å². The summed E-state index contributed by atoms with van der Waals surface area (Å²) in [5, 5.41) is 0. The number of benzene rings is 1. The number of hydrogen-bond acceptors (Lipinski definition) is 0. The first-order chi connectivity index (χ1) is 12.3. The van der Waals surface area contributed by atoms with Crippen molar-refractivity contribution in [2.24, 2.45) is 0 Å². The Hall–Kier alpha value is -0.647. The Morgan fingerprint density at radius 2 is 1.27 bits per heavy atom. The third-order valence-corrected chi connectivity index (χ3v) is 13.1. The fourth-order valence-corrected chi connectivity index (χ4v) is 12.1. The molecular weight excluding hydrogens is 415 g/mol. The van der Waals surface area contributed by atoms with E-state index in [1.165, 1.54) is 51.4 Å². The van der Waals surface area contributed by atoms with Crippen LogP contribution < -0.4 is 15.7 Å². The number of allylic oxidation sites excluding steroid dienone is 8. The molecule has 3 rings (SSSR count). The zero-order chi connectivity index (χ0) is 17.5. The minimum atomic E-state index is -1.99. The van der Waals surface area contributed by atoms with E-state index in [-0.39, 0.29) is 12.4 Å². The number of unbranched alkanes of at least 4 members (excludes halogenated alkanes) is 2. The molecule has 0 heterocycles. The molecule has 0 aromatic heterocycles. The van der Waals surface area contributed by atoms with Crippen LogP contribution in [0.3, 0.4) is 0 Å². The molecular formula is C24H31ClZr. The van der Waals surface area contributed by atoms with Crippen molar-refractivity contribution in [1.82, 2.24) is 0 Å². The molecule has 1 aromatic carbocycles. The van der Waals surface area contributed by atoms with Gasteiger partial charge < -0.3 is 12.4 Å². The van der Waals surface area contributed by atoms with E-state index in [0.717, 1.165) is 0 Å².